The molecule has 0 fully saturated rings. The maximum Gasteiger partial charge on any atom is 0.357 e. The maximum absolute atomic E-state index is 13.7. The fraction of sp³-hybridized carbons (Fsp3) is 0.759. The number of unbranched alkanes of at least 4 members (excludes halogenated alkanes) is 1. The standard InChI is InChI=1S/C29H51N3O5SSi/c1-12-15-16-17-36-32(27(33)25(30)21(6)13-2)23(20(4)5)18-24(37-39(10,11)29(7,8)9)26-31-22(19-38-26)28(34)35-14-3/h1,19-21,23-25H,13-18,30H2,2-11H3. The van der Waals surface area contributed by atoms with Gasteiger partial charge in [-0.1, -0.05) is 54.9 Å². The molecule has 10 heteroatoms. The average molecular weight is 582 g/mol. The number of amides is 1. The van der Waals surface area contributed by atoms with Gasteiger partial charge in [0.15, 0.2) is 14.0 Å². The van der Waals surface area contributed by atoms with Gasteiger partial charge in [-0.15, -0.1) is 23.7 Å². The number of hydroxylamine groups is 2. The van der Waals surface area contributed by atoms with Gasteiger partial charge in [0.25, 0.3) is 5.91 Å². The number of carbonyl (C=O) groups excluding carboxylic acids is 2. The van der Waals surface area contributed by atoms with Gasteiger partial charge < -0.3 is 14.9 Å². The predicted octanol–water partition coefficient (Wildman–Crippen LogP) is 6.34. The number of thiazole rings is 1. The number of hydrogen-bond donors (Lipinski definition) is 1. The van der Waals surface area contributed by atoms with E-state index in [1.165, 1.54) is 16.4 Å². The van der Waals surface area contributed by atoms with Crippen LogP contribution in [-0.2, 0) is 18.8 Å². The van der Waals surface area contributed by atoms with E-state index in [4.69, 9.17) is 26.2 Å². The first-order chi connectivity index (χ1) is 18.1. The van der Waals surface area contributed by atoms with Crippen molar-refractivity contribution in [2.45, 2.75) is 117 Å². The van der Waals surface area contributed by atoms with Crippen LogP contribution in [0.4, 0.5) is 0 Å². The molecule has 4 atom stereocenters. The Morgan fingerprint density at radius 2 is 1.87 bits per heavy atom. The summed E-state index contributed by atoms with van der Waals surface area (Å²) in [5.74, 6) is 1.93. The molecule has 1 rings (SSSR count). The highest BCUT2D eigenvalue weighted by atomic mass is 32.1. The van der Waals surface area contributed by atoms with E-state index in [1.54, 1.807) is 12.3 Å². The number of nitrogens with zero attached hydrogens (tertiary/aromatic N) is 2. The van der Waals surface area contributed by atoms with Crippen LogP contribution in [0.3, 0.4) is 0 Å². The molecule has 1 aromatic heterocycles. The summed E-state index contributed by atoms with van der Waals surface area (Å²) in [6.07, 6.45) is 7.38. The Morgan fingerprint density at radius 3 is 2.38 bits per heavy atom. The van der Waals surface area contributed by atoms with E-state index < -0.39 is 26.4 Å². The lowest BCUT2D eigenvalue weighted by atomic mass is 9.94. The minimum Gasteiger partial charge on any atom is -0.461 e. The fourth-order valence-corrected chi connectivity index (χ4v) is 5.81. The zero-order valence-electron chi connectivity index (χ0n) is 25.7. The molecule has 0 bridgehead atoms. The molecular weight excluding hydrogens is 530 g/mol. The fourth-order valence-electron chi connectivity index (χ4n) is 3.63. The van der Waals surface area contributed by atoms with E-state index in [2.05, 4.69) is 58.6 Å². The number of carbonyl (C=O) groups is 2. The summed E-state index contributed by atoms with van der Waals surface area (Å²) >= 11 is 1.37. The van der Waals surface area contributed by atoms with Gasteiger partial charge in [-0.2, -0.15) is 0 Å². The zero-order valence-corrected chi connectivity index (χ0v) is 27.5. The quantitative estimate of drug-likeness (QED) is 0.0798. The summed E-state index contributed by atoms with van der Waals surface area (Å²) in [5.41, 5.74) is 6.68. The SMILES string of the molecule is C#CCCCON(C(=O)C(N)C(C)CC)C(CC(O[Si](C)(C)C(C)(C)C)c1nc(C(=O)OCC)cs1)C(C)C. The molecule has 0 radical (unpaired) electrons. The molecule has 0 aliphatic carbocycles. The first-order valence-electron chi connectivity index (χ1n) is 14.1. The summed E-state index contributed by atoms with van der Waals surface area (Å²) in [6, 6.07) is -1.04. The van der Waals surface area contributed by atoms with Gasteiger partial charge in [0.05, 0.1) is 31.4 Å². The van der Waals surface area contributed by atoms with Crippen LogP contribution in [0, 0.1) is 24.2 Å². The van der Waals surface area contributed by atoms with Crippen molar-refractivity contribution >= 4 is 31.5 Å². The predicted molar refractivity (Wildman–Crippen MR) is 161 cm³/mol. The van der Waals surface area contributed by atoms with Crippen LogP contribution in [-0.4, -0.2) is 55.5 Å². The summed E-state index contributed by atoms with van der Waals surface area (Å²) in [4.78, 5) is 36.8. The first-order valence-corrected chi connectivity index (χ1v) is 17.8. The maximum atomic E-state index is 13.7. The van der Waals surface area contributed by atoms with E-state index in [0.29, 0.717) is 30.9 Å². The number of esters is 1. The highest BCUT2D eigenvalue weighted by Crippen LogP contribution is 2.42. The number of ether oxygens (including phenoxy) is 1. The Balaban J connectivity index is 3.50. The van der Waals surface area contributed by atoms with E-state index in [1.807, 2.05) is 13.8 Å². The second-order valence-corrected chi connectivity index (χ2v) is 17.6. The molecule has 1 heterocycles. The molecule has 222 valence electrons. The lowest BCUT2D eigenvalue weighted by Gasteiger charge is -2.41. The van der Waals surface area contributed by atoms with Crippen molar-refractivity contribution in [3.05, 3.63) is 16.1 Å². The van der Waals surface area contributed by atoms with Crippen LogP contribution in [0.25, 0.3) is 0 Å². The molecule has 0 aliphatic heterocycles. The minimum absolute atomic E-state index is 0.00695. The van der Waals surface area contributed by atoms with Crippen LogP contribution in [0.1, 0.15) is 103 Å². The first kappa shape index (κ1) is 35.3. The third-order valence-corrected chi connectivity index (χ3v) is 12.9. The third kappa shape index (κ3) is 10.3. The van der Waals surface area contributed by atoms with E-state index in [9.17, 15) is 9.59 Å². The summed E-state index contributed by atoms with van der Waals surface area (Å²) in [5, 5.41) is 3.80. The Morgan fingerprint density at radius 1 is 1.23 bits per heavy atom. The molecule has 0 aromatic carbocycles. The molecule has 0 aliphatic rings. The molecule has 1 aromatic rings. The molecule has 1 amide bonds. The lowest BCUT2D eigenvalue weighted by Crippen LogP contribution is -2.53. The van der Waals surface area contributed by atoms with Crippen molar-refractivity contribution in [1.29, 1.82) is 0 Å². The highest BCUT2D eigenvalue weighted by Gasteiger charge is 2.42. The van der Waals surface area contributed by atoms with Crippen molar-refractivity contribution < 1.29 is 23.6 Å². The molecule has 0 saturated carbocycles. The van der Waals surface area contributed by atoms with Crippen LogP contribution in [0.5, 0.6) is 0 Å². The van der Waals surface area contributed by atoms with Gasteiger partial charge in [-0.05, 0) is 43.3 Å². The topological polar surface area (TPSA) is 104 Å². The van der Waals surface area contributed by atoms with Gasteiger partial charge in [-0.25, -0.2) is 14.8 Å². The average Bonchev–Trinajstić information content (AvgIpc) is 3.35. The monoisotopic (exact) mass is 581 g/mol. The second-order valence-electron chi connectivity index (χ2n) is 11.9. The molecule has 0 saturated heterocycles. The summed E-state index contributed by atoms with van der Waals surface area (Å²) < 4.78 is 12.1. The van der Waals surface area contributed by atoms with Crippen LogP contribution >= 0.6 is 11.3 Å². The van der Waals surface area contributed by atoms with E-state index in [0.717, 1.165) is 6.42 Å². The van der Waals surface area contributed by atoms with Crippen molar-refractivity contribution in [1.82, 2.24) is 10.0 Å². The highest BCUT2D eigenvalue weighted by molar-refractivity contribution is 7.09. The molecular formula is C29H51N3O5SSi. The smallest absolute Gasteiger partial charge is 0.357 e. The van der Waals surface area contributed by atoms with Crippen LogP contribution in [0.15, 0.2) is 5.38 Å². The summed E-state index contributed by atoms with van der Waals surface area (Å²) in [6.45, 7) is 21.3. The Labute approximate surface area is 241 Å². The van der Waals surface area contributed by atoms with Crippen molar-refractivity contribution in [2.75, 3.05) is 13.2 Å². The number of terminal acetylenes is 1. The minimum atomic E-state index is -2.27. The van der Waals surface area contributed by atoms with Gasteiger partial charge in [-0.3, -0.25) is 9.63 Å². The van der Waals surface area contributed by atoms with Crippen molar-refractivity contribution in [3.63, 3.8) is 0 Å². The van der Waals surface area contributed by atoms with E-state index in [-0.39, 0.29) is 41.1 Å². The number of nitrogens with two attached hydrogens (primary N) is 1. The van der Waals surface area contributed by atoms with Gasteiger partial charge >= 0.3 is 5.97 Å². The Bertz CT molecular complexity index is 953. The Kier molecular flexibility index (Phi) is 14.3. The van der Waals surface area contributed by atoms with Crippen molar-refractivity contribution in [3.8, 4) is 12.3 Å². The summed E-state index contributed by atoms with van der Waals surface area (Å²) in [7, 11) is -2.27. The van der Waals surface area contributed by atoms with Gasteiger partial charge in [0, 0.05) is 18.2 Å². The molecule has 2 N–H and O–H groups in total. The molecule has 39 heavy (non-hydrogen) atoms. The lowest BCUT2D eigenvalue weighted by molar-refractivity contribution is -0.211. The van der Waals surface area contributed by atoms with Crippen LogP contribution in [0.2, 0.25) is 18.1 Å². The Hall–Kier alpha value is -1.77. The van der Waals surface area contributed by atoms with Gasteiger partial charge in [0.2, 0.25) is 0 Å². The van der Waals surface area contributed by atoms with Crippen LogP contribution < -0.4 is 5.73 Å². The number of hydrogen-bond acceptors (Lipinski definition) is 8. The second kappa shape index (κ2) is 15.9. The zero-order chi connectivity index (χ0) is 30.0. The molecule has 4 unspecified atom stereocenters. The van der Waals surface area contributed by atoms with E-state index >= 15 is 0 Å². The van der Waals surface area contributed by atoms with Gasteiger partial charge in [0.1, 0.15) is 5.01 Å². The van der Waals surface area contributed by atoms with Crippen molar-refractivity contribution in [2.24, 2.45) is 17.6 Å². The molecule has 0 spiro atoms. The third-order valence-electron chi connectivity index (χ3n) is 7.51. The number of rotatable bonds is 16. The molecule has 8 nitrogen and oxygen atoms in total. The largest absolute Gasteiger partial charge is 0.461 e. The normalized spacial score (nSPS) is 15.4. The number of aromatic nitrogens is 1.